The number of carbonyl (C=O) groups is 2. The highest BCUT2D eigenvalue weighted by Crippen LogP contribution is 2.36. The first-order valence-corrected chi connectivity index (χ1v) is 10.7. The Hall–Kier alpha value is -2.17. The molecule has 0 saturated carbocycles. The maximum atomic E-state index is 12.9. The summed E-state index contributed by atoms with van der Waals surface area (Å²) in [4.78, 5) is 27.4. The van der Waals surface area contributed by atoms with Gasteiger partial charge >= 0.3 is 0 Å². The van der Waals surface area contributed by atoms with E-state index in [1.807, 2.05) is 0 Å². The number of amides is 2. The molecule has 9 nitrogen and oxygen atoms in total. The van der Waals surface area contributed by atoms with Gasteiger partial charge in [-0.1, -0.05) is 6.07 Å². The van der Waals surface area contributed by atoms with Crippen LogP contribution >= 0.6 is 0 Å². The number of hydrogen-bond acceptors (Lipinski definition) is 6. The average Bonchev–Trinajstić information content (AvgIpc) is 3.28. The number of benzene rings is 1. The molecule has 2 aliphatic heterocycles. The smallest absolute Gasteiger partial charge is 0.245 e. The number of sulfonamides is 1. The number of nitrogens with zero attached hydrogens (tertiary/aromatic N) is 2. The minimum absolute atomic E-state index is 0.0708. The van der Waals surface area contributed by atoms with E-state index in [9.17, 15) is 23.1 Å². The molecule has 2 heterocycles. The van der Waals surface area contributed by atoms with Crippen molar-refractivity contribution in [1.29, 1.82) is 0 Å². The molecule has 0 radical (unpaired) electrons. The van der Waals surface area contributed by atoms with Crippen molar-refractivity contribution < 1.29 is 27.9 Å². The molecule has 10 heteroatoms. The van der Waals surface area contributed by atoms with E-state index in [-0.39, 0.29) is 23.1 Å². The molecule has 0 spiro atoms. The number of aliphatic hydroxyl groups is 1. The van der Waals surface area contributed by atoms with E-state index in [1.165, 1.54) is 29.9 Å². The van der Waals surface area contributed by atoms with E-state index >= 15 is 0 Å². The zero-order valence-electron chi connectivity index (χ0n) is 15.9. The van der Waals surface area contributed by atoms with Crippen LogP contribution in [0, 0.1) is 0 Å². The van der Waals surface area contributed by atoms with E-state index in [2.05, 4.69) is 4.72 Å². The van der Waals surface area contributed by atoms with Crippen LogP contribution in [0.15, 0.2) is 23.1 Å². The van der Waals surface area contributed by atoms with E-state index in [0.29, 0.717) is 38.0 Å². The van der Waals surface area contributed by atoms with Crippen LogP contribution in [0.1, 0.15) is 26.2 Å². The Balaban J connectivity index is 1.85. The van der Waals surface area contributed by atoms with Crippen molar-refractivity contribution in [2.75, 3.05) is 31.6 Å². The van der Waals surface area contributed by atoms with E-state index in [4.69, 9.17) is 4.74 Å². The Labute approximate surface area is 164 Å². The van der Waals surface area contributed by atoms with Gasteiger partial charge in [-0.3, -0.25) is 9.59 Å². The number of methoxy groups -OCH3 is 1. The predicted octanol–water partition coefficient (Wildman–Crippen LogP) is 0.0820. The maximum absolute atomic E-state index is 12.9. The molecule has 0 aromatic heterocycles. The monoisotopic (exact) mass is 411 g/mol. The molecule has 2 atom stereocenters. The molecule has 2 saturated heterocycles. The van der Waals surface area contributed by atoms with Crippen LogP contribution < -0.4 is 14.4 Å². The van der Waals surface area contributed by atoms with Gasteiger partial charge in [-0.2, -0.15) is 4.72 Å². The van der Waals surface area contributed by atoms with Gasteiger partial charge in [0.05, 0.1) is 24.9 Å². The number of anilines is 1. The normalized spacial score (nSPS) is 21.2. The molecule has 154 valence electrons. The lowest BCUT2D eigenvalue weighted by molar-refractivity contribution is -0.131. The summed E-state index contributed by atoms with van der Waals surface area (Å²) >= 11 is 0. The number of nitrogens with one attached hydrogen (secondary N) is 1. The van der Waals surface area contributed by atoms with Crippen molar-refractivity contribution in [3.63, 3.8) is 0 Å². The van der Waals surface area contributed by atoms with Crippen molar-refractivity contribution in [2.24, 2.45) is 0 Å². The summed E-state index contributed by atoms with van der Waals surface area (Å²) in [5.74, 6) is -0.414. The van der Waals surface area contributed by atoms with Gasteiger partial charge < -0.3 is 19.6 Å². The Bertz CT molecular complexity index is 872. The molecule has 3 rings (SSSR count). The second-order valence-electron chi connectivity index (χ2n) is 7.03. The molecule has 2 fully saturated rings. The first kappa shape index (κ1) is 20.6. The molecular weight excluding hydrogens is 386 g/mol. The molecule has 2 aliphatic rings. The van der Waals surface area contributed by atoms with Crippen molar-refractivity contribution >= 4 is 27.5 Å². The first-order chi connectivity index (χ1) is 13.2. The summed E-state index contributed by atoms with van der Waals surface area (Å²) in [5, 5.41) is 9.58. The summed E-state index contributed by atoms with van der Waals surface area (Å²) < 4.78 is 33.6. The largest absolute Gasteiger partial charge is 0.493 e. The fourth-order valence-electron chi connectivity index (χ4n) is 3.60. The summed E-state index contributed by atoms with van der Waals surface area (Å²) in [5.41, 5.74) is 0.398. The van der Waals surface area contributed by atoms with Gasteiger partial charge in [0.1, 0.15) is 4.90 Å². The Morgan fingerprint density at radius 1 is 1.36 bits per heavy atom. The Morgan fingerprint density at radius 2 is 2.11 bits per heavy atom. The Kier molecular flexibility index (Phi) is 5.92. The number of β-amino-alcohol motifs (C(OH)–C–C–N with tert-alkyl or cyclic N) is 1. The summed E-state index contributed by atoms with van der Waals surface area (Å²) in [6.45, 7) is 2.55. The van der Waals surface area contributed by atoms with Crippen molar-refractivity contribution in [3.8, 4) is 5.75 Å². The van der Waals surface area contributed by atoms with Gasteiger partial charge in [0.15, 0.2) is 5.75 Å². The number of rotatable bonds is 6. The van der Waals surface area contributed by atoms with Gasteiger partial charge in [0.25, 0.3) is 0 Å². The summed E-state index contributed by atoms with van der Waals surface area (Å²) in [6.07, 6.45) is 1.00. The number of para-hydroxylation sites is 1. The highest BCUT2D eigenvalue weighted by molar-refractivity contribution is 7.89. The highest BCUT2D eigenvalue weighted by Gasteiger charge is 2.33. The van der Waals surface area contributed by atoms with Crippen LogP contribution in [0.4, 0.5) is 5.69 Å². The number of likely N-dealkylation sites (tertiary alicyclic amines) is 1. The third kappa shape index (κ3) is 3.98. The molecular formula is C18H25N3O6S. The van der Waals surface area contributed by atoms with Crippen LogP contribution in [-0.2, 0) is 19.6 Å². The summed E-state index contributed by atoms with van der Waals surface area (Å²) in [6, 6.07) is 3.56. The molecule has 1 aromatic rings. The standard InChI is InChI=1S/C18H25N3O6S/c1-12(18(24)20-10-8-13(22)11-20)19-28(25,26)15-6-3-5-14(17(15)27-2)21-9-4-7-16(21)23/h3,5-6,12-13,19,22H,4,7-11H2,1-2H3/t12-,13-/m0/s1. The van der Waals surface area contributed by atoms with E-state index in [0.717, 1.165) is 0 Å². The van der Waals surface area contributed by atoms with Gasteiger partial charge in [-0.05, 0) is 31.9 Å². The topological polar surface area (TPSA) is 116 Å². The molecule has 1 aromatic carbocycles. The molecule has 0 unspecified atom stereocenters. The van der Waals surface area contributed by atoms with Gasteiger partial charge in [0.2, 0.25) is 21.8 Å². The molecule has 0 aliphatic carbocycles. The first-order valence-electron chi connectivity index (χ1n) is 9.21. The van der Waals surface area contributed by atoms with Crippen LogP contribution in [0.25, 0.3) is 0 Å². The van der Waals surface area contributed by atoms with Crippen LogP contribution in [0.5, 0.6) is 5.75 Å². The number of hydrogen-bond donors (Lipinski definition) is 2. The highest BCUT2D eigenvalue weighted by atomic mass is 32.2. The summed E-state index contributed by atoms with van der Waals surface area (Å²) in [7, 11) is -2.74. The molecule has 0 bridgehead atoms. The van der Waals surface area contributed by atoms with Gasteiger partial charge in [0, 0.05) is 26.1 Å². The van der Waals surface area contributed by atoms with Crippen LogP contribution in [-0.4, -0.2) is 69.1 Å². The SMILES string of the molecule is COc1c(N2CCCC2=O)cccc1S(=O)(=O)N[C@@H](C)C(=O)N1CC[C@H](O)C1. The molecule has 28 heavy (non-hydrogen) atoms. The number of carbonyl (C=O) groups excluding carboxylic acids is 2. The average molecular weight is 411 g/mol. The number of ether oxygens (including phenoxy) is 1. The third-order valence-electron chi connectivity index (χ3n) is 4.99. The maximum Gasteiger partial charge on any atom is 0.245 e. The lowest BCUT2D eigenvalue weighted by Crippen LogP contribution is -2.46. The van der Waals surface area contributed by atoms with Crippen LogP contribution in [0.3, 0.4) is 0 Å². The minimum atomic E-state index is -4.08. The fraction of sp³-hybridized carbons (Fsp3) is 0.556. The minimum Gasteiger partial charge on any atom is -0.493 e. The lowest BCUT2D eigenvalue weighted by Gasteiger charge is -2.23. The number of aliphatic hydroxyl groups excluding tert-OH is 1. The van der Waals surface area contributed by atoms with Gasteiger partial charge in [-0.25, -0.2) is 8.42 Å². The Morgan fingerprint density at radius 3 is 2.68 bits per heavy atom. The quantitative estimate of drug-likeness (QED) is 0.685. The molecule has 2 amide bonds. The second-order valence-corrected chi connectivity index (χ2v) is 8.71. The second kappa shape index (κ2) is 8.06. The predicted molar refractivity (Wildman–Crippen MR) is 102 cm³/mol. The molecule has 2 N–H and O–H groups in total. The zero-order chi connectivity index (χ0) is 20.5. The van der Waals surface area contributed by atoms with Gasteiger partial charge in [-0.15, -0.1) is 0 Å². The third-order valence-corrected chi connectivity index (χ3v) is 6.56. The zero-order valence-corrected chi connectivity index (χ0v) is 16.7. The van der Waals surface area contributed by atoms with Crippen molar-refractivity contribution in [3.05, 3.63) is 18.2 Å². The van der Waals surface area contributed by atoms with Crippen LogP contribution in [0.2, 0.25) is 0 Å². The lowest BCUT2D eigenvalue weighted by atomic mass is 10.2. The van der Waals surface area contributed by atoms with Crippen molar-refractivity contribution in [2.45, 2.75) is 43.2 Å². The van der Waals surface area contributed by atoms with E-state index in [1.54, 1.807) is 12.1 Å². The fourth-order valence-corrected chi connectivity index (χ4v) is 4.98. The van der Waals surface area contributed by atoms with Crippen molar-refractivity contribution in [1.82, 2.24) is 9.62 Å². The van der Waals surface area contributed by atoms with E-state index < -0.39 is 28.1 Å².